The fraction of sp³-hybridized carbons (Fsp3) is 0.375. The number of hydrogen-bond acceptors (Lipinski definition) is 3. The molecule has 0 aromatic carbocycles. The monoisotopic (exact) mass is 184 g/mol. The second-order valence-corrected chi connectivity index (χ2v) is 3.15. The van der Waals surface area contributed by atoms with Gasteiger partial charge in [-0.25, -0.2) is 0 Å². The van der Waals surface area contributed by atoms with E-state index < -0.39 is 0 Å². The van der Waals surface area contributed by atoms with Crippen LogP contribution in [0.5, 0.6) is 0 Å². The Balaban J connectivity index is 2.90. The van der Waals surface area contributed by atoms with Crippen molar-refractivity contribution in [3.8, 4) is 0 Å². The fourth-order valence-electron chi connectivity index (χ4n) is 0.743. The van der Waals surface area contributed by atoms with E-state index >= 15 is 0 Å². The van der Waals surface area contributed by atoms with Gasteiger partial charge in [-0.3, -0.25) is 4.79 Å². The maximum atomic E-state index is 11.3. The average molecular weight is 185 g/mol. The maximum absolute atomic E-state index is 11.3. The van der Waals surface area contributed by atoms with E-state index in [1.165, 1.54) is 0 Å². The third kappa shape index (κ3) is 2.01. The molecule has 0 aliphatic carbocycles. The van der Waals surface area contributed by atoms with Crippen LogP contribution < -0.4 is 0 Å². The van der Waals surface area contributed by atoms with Crippen molar-refractivity contribution in [3.05, 3.63) is 23.0 Å². The Bertz CT molecular complexity index is 282. The summed E-state index contributed by atoms with van der Waals surface area (Å²) in [6.45, 7) is 3.64. The first-order valence-corrected chi connectivity index (χ1v) is 4.02. The number of rotatable bonds is 2. The van der Waals surface area contributed by atoms with Gasteiger partial charge in [-0.05, 0) is 12.1 Å². The quantitative estimate of drug-likeness (QED) is 0.660. The number of carbonyl (C=O) groups is 1. The molecule has 0 aliphatic rings. The summed E-state index contributed by atoms with van der Waals surface area (Å²) >= 11 is 5.51. The minimum Gasteiger partial charge on any atom is -0.292 e. The standard InChI is InChI=1S/C8H9ClN2O/c1-5(2)8(12)6-3-4-7(9)11-10-6/h3-5H,1-2H3. The summed E-state index contributed by atoms with van der Waals surface area (Å²) in [7, 11) is 0. The highest BCUT2D eigenvalue weighted by Crippen LogP contribution is 2.07. The van der Waals surface area contributed by atoms with Gasteiger partial charge in [0, 0.05) is 5.92 Å². The van der Waals surface area contributed by atoms with E-state index in [1.54, 1.807) is 12.1 Å². The van der Waals surface area contributed by atoms with E-state index in [4.69, 9.17) is 11.6 Å². The van der Waals surface area contributed by atoms with Crippen molar-refractivity contribution in [2.45, 2.75) is 13.8 Å². The summed E-state index contributed by atoms with van der Waals surface area (Å²) in [6, 6.07) is 3.14. The molecule has 12 heavy (non-hydrogen) atoms. The van der Waals surface area contributed by atoms with Gasteiger partial charge in [-0.2, -0.15) is 0 Å². The number of aromatic nitrogens is 2. The predicted molar refractivity (Wildman–Crippen MR) is 46.2 cm³/mol. The van der Waals surface area contributed by atoms with Crippen LogP contribution in [0.3, 0.4) is 0 Å². The smallest absolute Gasteiger partial charge is 0.185 e. The van der Waals surface area contributed by atoms with Crippen LogP contribution in [0.4, 0.5) is 0 Å². The summed E-state index contributed by atoms with van der Waals surface area (Å²) in [5.41, 5.74) is 0.370. The summed E-state index contributed by atoms with van der Waals surface area (Å²) in [6.07, 6.45) is 0. The van der Waals surface area contributed by atoms with Crippen molar-refractivity contribution in [2.75, 3.05) is 0 Å². The molecule has 1 rings (SSSR count). The van der Waals surface area contributed by atoms with Gasteiger partial charge < -0.3 is 0 Å². The molecule has 0 radical (unpaired) electrons. The lowest BCUT2D eigenvalue weighted by molar-refractivity contribution is 0.0933. The molecule has 0 N–H and O–H groups in total. The molecule has 0 unspecified atom stereocenters. The SMILES string of the molecule is CC(C)C(=O)c1ccc(Cl)nn1. The molecule has 0 amide bonds. The van der Waals surface area contributed by atoms with Crippen molar-refractivity contribution in [1.29, 1.82) is 0 Å². The normalized spacial score (nSPS) is 10.3. The molecule has 0 spiro atoms. The van der Waals surface area contributed by atoms with Gasteiger partial charge in [0.1, 0.15) is 5.69 Å². The number of Topliss-reactive ketones (excluding diaryl/α,β-unsaturated/α-hetero) is 1. The number of halogens is 1. The van der Waals surface area contributed by atoms with Gasteiger partial charge in [0.2, 0.25) is 0 Å². The zero-order chi connectivity index (χ0) is 9.14. The lowest BCUT2D eigenvalue weighted by Gasteiger charge is -2.00. The Kier molecular flexibility index (Phi) is 2.76. The summed E-state index contributed by atoms with van der Waals surface area (Å²) in [4.78, 5) is 11.3. The molecule has 0 fully saturated rings. The van der Waals surface area contributed by atoms with Crippen LogP contribution in [0.1, 0.15) is 24.3 Å². The van der Waals surface area contributed by atoms with E-state index in [9.17, 15) is 4.79 Å². The minimum absolute atomic E-state index is 0.0147. The Morgan fingerprint density at radius 1 is 1.42 bits per heavy atom. The number of nitrogens with zero attached hydrogens (tertiary/aromatic N) is 2. The number of hydrogen-bond donors (Lipinski definition) is 0. The molecule has 0 saturated heterocycles. The average Bonchev–Trinajstić information content (AvgIpc) is 2.04. The van der Waals surface area contributed by atoms with Gasteiger partial charge in [0.05, 0.1) is 0 Å². The molecule has 0 bridgehead atoms. The molecular formula is C8H9ClN2O. The lowest BCUT2D eigenvalue weighted by Crippen LogP contribution is -2.10. The van der Waals surface area contributed by atoms with E-state index in [0.29, 0.717) is 10.8 Å². The number of ketones is 1. The molecule has 0 saturated carbocycles. The van der Waals surface area contributed by atoms with Crippen molar-refractivity contribution < 1.29 is 4.79 Å². The Morgan fingerprint density at radius 3 is 2.50 bits per heavy atom. The maximum Gasteiger partial charge on any atom is 0.185 e. The van der Waals surface area contributed by atoms with E-state index in [2.05, 4.69) is 10.2 Å². The molecule has 1 heterocycles. The molecule has 64 valence electrons. The molecule has 1 aromatic heterocycles. The van der Waals surface area contributed by atoms with Crippen LogP contribution in [0.15, 0.2) is 12.1 Å². The second-order valence-electron chi connectivity index (χ2n) is 2.76. The molecule has 1 aromatic rings. The van der Waals surface area contributed by atoms with Crippen LogP contribution in [0, 0.1) is 5.92 Å². The van der Waals surface area contributed by atoms with Crippen molar-refractivity contribution in [2.24, 2.45) is 5.92 Å². The van der Waals surface area contributed by atoms with Crippen LogP contribution in [-0.2, 0) is 0 Å². The van der Waals surface area contributed by atoms with Gasteiger partial charge >= 0.3 is 0 Å². The zero-order valence-corrected chi connectivity index (χ0v) is 7.67. The summed E-state index contributed by atoms with van der Waals surface area (Å²) in [5.74, 6) is -0.0698. The van der Waals surface area contributed by atoms with Crippen LogP contribution in [0.25, 0.3) is 0 Å². The molecular weight excluding hydrogens is 176 g/mol. The fourth-order valence-corrected chi connectivity index (χ4v) is 0.844. The van der Waals surface area contributed by atoms with Gasteiger partial charge in [-0.15, -0.1) is 10.2 Å². The highest BCUT2D eigenvalue weighted by molar-refractivity contribution is 6.29. The van der Waals surface area contributed by atoms with Crippen molar-refractivity contribution in [3.63, 3.8) is 0 Å². The van der Waals surface area contributed by atoms with Gasteiger partial charge in [-0.1, -0.05) is 25.4 Å². The predicted octanol–water partition coefficient (Wildman–Crippen LogP) is 1.97. The third-order valence-electron chi connectivity index (χ3n) is 1.41. The second kappa shape index (κ2) is 3.63. The third-order valence-corrected chi connectivity index (χ3v) is 1.61. The first kappa shape index (κ1) is 9.13. The molecule has 0 aliphatic heterocycles. The number of carbonyl (C=O) groups excluding carboxylic acids is 1. The zero-order valence-electron chi connectivity index (χ0n) is 6.91. The van der Waals surface area contributed by atoms with Crippen LogP contribution in [-0.4, -0.2) is 16.0 Å². The van der Waals surface area contributed by atoms with Crippen molar-refractivity contribution in [1.82, 2.24) is 10.2 Å². The minimum atomic E-state index is -0.0551. The Morgan fingerprint density at radius 2 is 2.08 bits per heavy atom. The van der Waals surface area contributed by atoms with Gasteiger partial charge in [0.25, 0.3) is 0 Å². The highest BCUT2D eigenvalue weighted by Gasteiger charge is 2.11. The largest absolute Gasteiger partial charge is 0.292 e. The first-order chi connectivity index (χ1) is 5.61. The summed E-state index contributed by atoms with van der Waals surface area (Å²) < 4.78 is 0. The van der Waals surface area contributed by atoms with E-state index in [-0.39, 0.29) is 11.7 Å². The Hall–Kier alpha value is -0.960. The molecule has 0 atom stereocenters. The summed E-state index contributed by atoms with van der Waals surface area (Å²) in [5, 5.41) is 7.55. The van der Waals surface area contributed by atoms with Crippen molar-refractivity contribution >= 4 is 17.4 Å². The van der Waals surface area contributed by atoms with E-state index in [1.807, 2.05) is 13.8 Å². The van der Waals surface area contributed by atoms with Crippen LogP contribution in [0.2, 0.25) is 5.15 Å². The topological polar surface area (TPSA) is 42.9 Å². The lowest BCUT2D eigenvalue weighted by atomic mass is 10.1. The van der Waals surface area contributed by atoms with E-state index in [0.717, 1.165) is 0 Å². The molecule has 4 heteroatoms. The van der Waals surface area contributed by atoms with Gasteiger partial charge in [0.15, 0.2) is 10.9 Å². The highest BCUT2D eigenvalue weighted by atomic mass is 35.5. The molecule has 3 nitrogen and oxygen atoms in total. The van der Waals surface area contributed by atoms with Crippen LogP contribution >= 0.6 is 11.6 Å². The Labute approximate surface area is 75.8 Å². The first-order valence-electron chi connectivity index (χ1n) is 3.64.